The fourth-order valence-electron chi connectivity index (χ4n) is 3.64. The second-order valence-corrected chi connectivity index (χ2v) is 8.75. The number of hydrogen-bond acceptors (Lipinski definition) is 4. The molecule has 0 bridgehead atoms. The van der Waals surface area contributed by atoms with E-state index in [9.17, 15) is 22.3 Å². The van der Waals surface area contributed by atoms with Crippen LogP contribution in [0.3, 0.4) is 0 Å². The van der Waals surface area contributed by atoms with Crippen LogP contribution in [0, 0.1) is 32.4 Å². The zero-order valence-corrected chi connectivity index (χ0v) is 16.3. The zero-order valence-electron chi connectivity index (χ0n) is 15.5. The summed E-state index contributed by atoms with van der Waals surface area (Å²) in [4.78, 5) is 1.89. The third-order valence-corrected chi connectivity index (χ3v) is 7.00. The lowest BCUT2D eigenvalue weighted by Crippen LogP contribution is -2.49. The van der Waals surface area contributed by atoms with E-state index in [4.69, 9.17) is 0 Å². The molecule has 0 atom stereocenters. The molecule has 2 aromatic rings. The van der Waals surface area contributed by atoms with Gasteiger partial charge in [-0.3, -0.25) is 0 Å². The maximum atomic E-state index is 14.1. The van der Waals surface area contributed by atoms with E-state index < -0.39 is 27.4 Å². The van der Waals surface area contributed by atoms with Crippen molar-refractivity contribution in [1.29, 1.82) is 0 Å². The van der Waals surface area contributed by atoms with Crippen molar-refractivity contribution in [1.82, 2.24) is 4.31 Å². The Kier molecular flexibility index (Phi) is 5.14. The second kappa shape index (κ2) is 7.09. The van der Waals surface area contributed by atoms with Gasteiger partial charge in [-0.05, 0) is 31.9 Å². The van der Waals surface area contributed by atoms with Crippen molar-refractivity contribution < 1.29 is 22.3 Å². The van der Waals surface area contributed by atoms with Crippen LogP contribution in [0.5, 0.6) is 5.75 Å². The summed E-state index contributed by atoms with van der Waals surface area (Å²) in [6.45, 7) is 6.25. The summed E-state index contributed by atoms with van der Waals surface area (Å²) in [7, 11) is -3.67. The first kappa shape index (κ1) is 19.6. The normalized spacial score (nSPS) is 16.0. The molecule has 1 saturated heterocycles. The monoisotopic (exact) mass is 396 g/mol. The Bertz CT molecular complexity index is 962. The van der Waals surface area contributed by atoms with Crippen molar-refractivity contribution >= 4 is 15.7 Å². The number of hydrogen-bond donors (Lipinski definition) is 1. The van der Waals surface area contributed by atoms with Crippen LogP contribution in [-0.4, -0.2) is 44.0 Å². The summed E-state index contributed by atoms with van der Waals surface area (Å²) in [6, 6.07) is 5.34. The van der Waals surface area contributed by atoms with Crippen LogP contribution < -0.4 is 4.90 Å². The van der Waals surface area contributed by atoms with Crippen molar-refractivity contribution in [3.8, 4) is 5.75 Å². The molecule has 1 N–H and O–H groups in total. The van der Waals surface area contributed by atoms with Gasteiger partial charge in [0.05, 0.1) is 10.6 Å². The van der Waals surface area contributed by atoms with Gasteiger partial charge in [0.25, 0.3) is 0 Å². The Morgan fingerprint density at radius 1 is 0.889 bits per heavy atom. The number of sulfonamides is 1. The van der Waals surface area contributed by atoms with E-state index in [1.165, 1.54) is 4.31 Å². The Balaban J connectivity index is 1.83. The lowest BCUT2D eigenvalue weighted by Gasteiger charge is -2.36. The molecule has 1 aliphatic rings. The minimum atomic E-state index is -3.67. The number of aryl methyl sites for hydroxylation is 3. The number of rotatable bonds is 3. The summed E-state index contributed by atoms with van der Waals surface area (Å²) in [5, 5.41) is 9.25. The van der Waals surface area contributed by atoms with Crippen molar-refractivity contribution in [2.24, 2.45) is 0 Å². The van der Waals surface area contributed by atoms with E-state index in [2.05, 4.69) is 0 Å². The number of aromatic hydroxyl groups is 1. The first-order valence-electron chi connectivity index (χ1n) is 8.62. The molecule has 0 spiro atoms. The molecule has 1 fully saturated rings. The fraction of sp³-hybridized carbons (Fsp3) is 0.368. The Labute approximate surface area is 157 Å². The minimum absolute atomic E-state index is 0.0186. The van der Waals surface area contributed by atoms with Crippen LogP contribution in [0.4, 0.5) is 14.5 Å². The second-order valence-electron chi connectivity index (χ2n) is 6.87. The van der Waals surface area contributed by atoms with Gasteiger partial charge in [0.1, 0.15) is 5.82 Å². The van der Waals surface area contributed by atoms with Crippen LogP contribution in [0.1, 0.15) is 16.7 Å². The number of benzene rings is 2. The van der Waals surface area contributed by atoms with Gasteiger partial charge in [0.2, 0.25) is 10.0 Å². The van der Waals surface area contributed by atoms with Crippen LogP contribution >= 0.6 is 0 Å². The van der Waals surface area contributed by atoms with Gasteiger partial charge in [0.15, 0.2) is 11.6 Å². The van der Waals surface area contributed by atoms with Crippen LogP contribution in [0.25, 0.3) is 0 Å². The first-order chi connectivity index (χ1) is 12.6. The molecule has 0 aromatic heterocycles. The van der Waals surface area contributed by atoms with Gasteiger partial charge < -0.3 is 10.0 Å². The van der Waals surface area contributed by atoms with Crippen LogP contribution in [0.2, 0.25) is 0 Å². The molecule has 0 amide bonds. The highest BCUT2D eigenvalue weighted by molar-refractivity contribution is 7.89. The topological polar surface area (TPSA) is 60.9 Å². The SMILES string of the molecule is Cc1cc(C)c(S(=O)(=O)N2CCN(c3cc(F)c(O)cc3F)CC2)c(C)c1. The predicted molar refractivity (Wildman–Crippen MR) is 99.6 cm³/mol. The van der Waals surface area contributed by atoms with Crippen molar-refractivity contribution in [3.63, 3.8) is 0 Å². The molecule has 27 heavy (non-hydrogen) atoms. The Hall–Kier alpha value is -2.19. The average Bonchev–Trinajstić information content (AvgIpc) is 2.57. The third-order valence-electron chi connectivity index (χ3n) is 4.80. The van der Waals surface area contributed by atoms with E-state index in [1.807, 2.05) is 19.1 Å². The Morgan fingerprint density at radius 2 is 1.44 bits per heavy atom. The van der Waals surface area contributed by atoms with E-state index in [0.29, 0.717) is 16.0 Å². The van der Waals surface area contributed by atoms with E-state index in [-0.39, 0.29) is 31.9 Å². The lowest BCUT2D eigenvalue weighted by molar-refractivity contribution is 0.381. The molecule has 0 saturated carbocycles. The predicted octanol–water partition coefficient (Wildman–Crippen LogP) is 3.11. The number of piperazine rings is 1. The first-order valence-corrected chi connectivity index (χ1v) is 10.1. The molecule has 8 heteroatoms. The van der Waals surface area contributed by atoms with E-state index >= 15 is 0 Å². The van der Waals surface area contributed by atoms with Crippen molar-refractivity contribution in [3.05, 3.63) is 52.6 Å². The molecule has 0 radical (unpaired) electrons. The summed E-state index contributed by atoms with van der Waals surface area (Å²) in [6.07, 6.45) is 0. The number of anilines is 1. The van der Waals surface area contributed by atoms with E-state index in [0.717, 1.165) is 17.7 Å². The molecule has 1 aliphatic heterocycles. The fourth-order valence-corrected chi connectivity index (χ4v) is 5.47. The summed E-state index contributed by atoms with van der Waals surface area (Å²) in [5.74, 6) is -2.40. The Morgan fingerprint density at radius 3 is 2.00 bits per heavy atom. The number of phenolic OH excluding ortho intramolecular Hbond substituents is 1. The number of halogens is 2. The highest BCUT2D eigenvalue weighted by Crippen LogP contribution is 2.30. The smallest absolute Gasteiger partial charge is 0.243 e. The molecule has 0 unspecified atom stereocenters. The summed E-state index contributed by atoms with van der Waals surface area (Å²) >= 11 is 0. The number of nitrogens with zero attached hydrogens (tertiary/aromatic N) is 2. The summed E-state index contributed by atoms with van der Waals surface area (Å²) in [5.41, 5.74) is 2.41. The molecule has 2 aromatic carbocycles. The molecular weight excluding hydrogens is 374 g/mol. The quantitative estimate of drug-likeness (QED) is 0.866. The van der Waals surface area contributed by atoms with Crippen molar-refractivity contribution in [2.45, 2.75) is 25.7 Å². The standard InChI is InChI=1S/C19H22F2N2O3S/c1-12-8-13(2)19(14(3)9-12)27(25,26)23-6-4-22(5-7-23)17-10-16(21)18(24)11-15(17)20/h8-11,24H,4-7H2,1-3H3. The highest BCUT2D eigenvalue weighted by Gasteiger charge is 2.31. The molecular formula is C19H22F2N2O3S. The van der Waals surface area contributed by atoms with Crippen LogP contribution in [0.15, 0.2) is 29.2 Å². The minimum Gasteiger partial charge on any atom is -0.505 e. The molecule has 1 heterocycles. The molecule has 0 aliphatic carbocycles. The van der Waals surface area contributed by atoms with Gasteiger partial charge in [-0.1, -0.05) is 17.7 Å². The highest BCUT2D eigenvalue weighted by atomic mass is 32.2. The van der Waals surface area contributed by atoms with Gasteiger partial charge in [-0.2, -0.15) is 4.31 Å². The van der Waals surface area contributed by atoms with Crippen LogP contribution in [-0.2, 0) is 10.0 Å². The zero-order chi connectivity index (χ0) is 19.9. The van der Waals surface area contributed by atoms with Gasteiger partial charge >= 0.3 is 0 Å². The molecule has 3 rings (SSSR count). The van der Waals surface area contributed by atoms with Gasteiger partial charge in [0, 0.05) is 38.3 Å². The third kappa shape index (κ3) is 3.64. The largest absolute Gasteiger partial charge is 0.505 e. The maximum absolute atomic E-state index is 14.1. The number of phenols is 1. The summed E-state index contributed by atoms with van der Waals surface area (Å²) < 4.78 is 55.2. The van der Waals surface area contributed by atoms with Gasteiger partial charge in [-0.25, -0.2) is 17.2 Å². The molecule has 146 valence electrons. The van der Waals surface area contributed by atoms with Gasteiger partial charge in [-0.15, -0.1) is 0 Å². The lowest BCUT2D eigenvalue weighted by atomic mass is 10.1. The molecule has 5 nitrogen and oxygen atoms in total. The van der Waals surface area contributed by atoms with Crippen molar-refractivity contribution in [2.75, 3.05) is 31.1 Å². The maximum Gasteiger partial charge on any atom is 0.243 e. The van der Waals surface area contributed by atoms with E-state index in [1.54, 1.807) is 18.7 Å². The average molecular weight is 396 g/mol.